The summed E-state index contributed by atoms with van der Waals surface area (Å²) in [5.41, 5.74) is 4.47. The van der Waals surface area contributed by atoms with Crippen LogP contribution in [0.15, 0.2) is 70.9 Å². The number of amides is 1. The Morgan fingerprint density at radius 2 is 1.82 bits per heavy atom. The van der Waals surface area contributed by atoms with Gasteiger partial charge in [0.1, 0.15) is 0 Å². The maximum atomic E-state index is 13.1. The van der Waals surface area contributed by atoms with Gasteiger partial charge in [-0.15, -0.1) is 0 Å². The SMILES string of the molecule is CC1=NC(C)=C(C#N)C(c2cccc(C(=O)NC3CCN(Cc4ccccc4)CC3)c2)C1C#N. The lowest BCUT2D eigenvalue weighted by atomic mass is 9.76. The largest absolute Gasteiger partial charge is 0.349 e. The van der Waals surface area contributed by atoms with Crippen molar-refractivity contribution in [2.45, 2.75) is 45.2 Å². The highest BCUT2D eigenvalue weighted by Crippen LogP contribution is 2.38. The van der Waals surface area contributed by atoms with Crippen LogP contribution in [0.1, 0.15) is 54.1 Å². The number of piperidine rings is 1. The summed E-state index contributed by atoms with van der Waals surface area (Å²) in [5.74, 6) is -1.05. The van der Waals surface area contributed by atoms with Gasteiger partial charge in [0.2, 0.25) is 0 Å². The lowest BCUT2D eigenvalue weighted by molar-refractivity contribution is 0.0909. The number of likely N-dealkylation sites (tertiary alicyclic amines) is 1. The van der Waals surface area contributed by atoms with E-state index in [0.717, 1.165) is 38.0 Å². The molecule has 0 spiro atoms. The zero-order chi connectivity index (χ0) is 24.1. The minimum absolute atomic E-state index is 0.114. The summed E-state index contributed by atoms with van der Waals surface area (Å²) in [6, 6.07) is 22.4. The molecule has 1 saturated heterocycles. The molecular weight excluding hydrogens is 422 g/mol. The topological polar surface area (TPSA) is 92.3 Å². The number of aliphatic imine (C=N–C) groups is 1. The fraction of sp³-hybridized carbons (Fsp3) is 0.357. The predicted octanol–water partition coefficient (Wildman–Crippen LogP) is 4.58. The van der Waals surface area contributed by atoms with Crippen LogP contribution in [0.2, 0.25) is 0 Å². The highest BCUT2D eigenvalue weighted by Gasteiger charge is 2.34. The molecule has 2 aliphatic rings. The van der Waals surface area contributed by atoms with E-state index < -0.39 is 11.8 Å². The maximum absolute atomic E-state index is 13.1. The van der Waals surface area contributed by atoms with E-state index in [9.17, 15) is 15.3 Å². The van der Waals surface area contributed by atoms with Gasteiger partial charge in [-0.3, -0.25) is 14.7 Å². The number of carbonyl (C=O) groups excluding carboxylic acids is 1. The average molecular weight is 452 g/mol. The fourth-order valence-corrected chi connectivity index (χ4v) is 4.92. The number of nitriles is 2. The molecule has 6 heteroatoms. The van der Waals surface area contributed by atoms with Gasteiger partial charge in [-0.1, -0.05) is 42.5 Å². The van der Waals surface area contributed by atoms with E-state index in [1.165, 1.54) is 5.56 Å². The lowest BCUT2D eigenvalue weighted by Crippen LogP contribution is -2.44. The summed E-state index contributed by atoms with van der Waals surface area (Å²) in [7, 11) is 0. The Bertz CT molecular complexity index is 1190. The third-order valence-electron chi connectivity index (χ3n) is 6.77. The molecule has 0 bridgehead atoms. The van der Waals surface area contributed by atoms with Crippen LogP contribution in [0.3, 0.4) is 0 Å². The Morgan fingerprint density at radius 1 is 1.09 bits per heavy atom. The van der Waals surface area contributed by atoms with Crippen LogP contribution in [-0.4, -0.2) is 35.7 Å². The first-order valence-electron chi connectivity index (χ1n) is 11.7. The second-order valence-corrected chi connectivity index (χ2v) is 9.08. The summed E-state index contributed by atoms with van der Waals surface area (Å²) >= 11 is 0. The molecule has 1 fully saturated rings. The molecule has 172 valence electrons. The van der Waals surface area contributed by atoms with Crippen molar-refractivity contribution in [1.82, 2.24) is 10.2 Å². The van der Waals surface area contributed by atoms with Crippen LogP contribution in [-0.2, 0) is 6.54 Å². The molecule has 0 radical (unpaired) electrons. The smallest absolute Gasteiger partial charge is 0.251 e. The number of benzene rings is 2. The molecule has 1 N–H and O–H groups in total. The summed E-state index contributed by atoms with van der Waals surface area (Å²) in [6.45, 7) is 6.44. The van der Waals surface area contributed by atoms with Gasteiger partial charge >= 0.3 is 0 Å². The van der Waals surface area contributed by atoms with Crippen LogP contribution >= 0.6 is 0 Å². The molecule has 34 heavy (non-hydrogen) atoms. The van der Waals surface area contributed by atoms with Crippen molar-refractivity contribution in [1.29, 1.82) is 10.5 Å². The van der Waals surface area contributed by atoms with E-state index in [0.29, 0.717) is 22.5 Å². The van der Waals surface area contributed by atoms with Gasteiger partial charge in [0, 0.05) is 42.9 Å². The van der Waals surface area contributed by atoms with E-state index in [4.69, 9.17) is 0 Å². The van der Waals surface area contributed by atoms with Gasteiger partial charge in [-0.2, -0.15) is 10.5 Å². The fourth-order valence-electron chi connectivity index (χ4n) is 4.92. The Kier molecular flexibility index (Phi) is 7.21. The second-order valence-electron chi connectivity index (χ2n) is 9.08. The van der Waals surface area contributed by atoms with Crippen molar-refractivity contribution in [2.75, 3.05) is 13.1 Å². The van der Waals surface area contributed by atoms with Crippen LogP contribution in [0.25, 0.3) is 0 Å². The normalized spacial score (nSPS) is 21.4. The third-order valence-corrected chi connectivity index (χ3v) is 6.77. The first-order chi connectivity index (χ1) is 16.5. The molecule has 0 aliphatic carbocycles. The lowest BCUT2D eigenvalue weighted by Gasteiger charge is -2.32. The Labute approximate surface area is 201 Å². The minimum Gasteiger partial charge on any atom is -0.349 e. The summed E-state index contributed by atoms with van der Waals surface area (Å²) in [6.07, 6.45) is 1.82. The number of hydrogen-bond acceptors (Lipinski definition) is 5. The molecule has 1 amide bonds. The van der Waals surface area contributed by atoms with E-state index in [1.807, 2.05) is 31.2 Å². The van der Waals surface area contributed by atoms with Gasteiger partial charge in [-0.25, -0.2) is 0 Å². The van der Waals surface area contributed by atoms with Crippen molar-refractivity contribution >= 4 is 11.6 Å². The first kappa shape index (κ1) is 23.4. The molecule has 0 aromatic heterocycles. The number of rotatable bonds is 5. The molecule has 2 aliphatic heterocycles. The van der Waals surface area contributed by atoms with E-state index in [1.54, 1.807) is 13.0 Å². The van der Waals surface area contributed by atoms with E-state index >= 15 is 0 Å². The van der Waals surface area contributed by atoms with Gasteiger partial charge in [0.15, 0.2) is 0 Å². The van der Waals surface area contributed by atoms with Crippen molar-refractivity contribution in [3.8, 4) is 12.1 Å². The Hall–Kier alpha value is -3.74. The Morgan fingerprint density at radius 3 is 2.50 bits per heavy atom. The van der Waals surface area contributed by atoms with Crippen molar-refractivity contribution in [3.05, 3.63) is 82.6 Å². The van der Waals surface area contributed by atoms with Gasteiger partial charge in [0.05, 0.1) is 29.3 Å². The van der Waals surface area contributed by atoms with Crippen molar-refractivity contribution in [3.63, 3.8) is 0 Å². The second kappa shape index (κ2) is 10.5. The van der Waals surface area contributed by atoms with Gasteiger partial charge in [-0.05, 0) is 49.9 Å². The molecule has 2 atom stereocenters. The van der Waals surface area contributed by atoms with E-state index in [-0.39, 0.29) is 11.9 Å². The molecule has 0 saturated carbocycles. The summed E-state index contributed by atoms with van der Waals surface area (Å²) in [4.78, 5) is 19.9. The minimum atomic E-state index is -0.523. The highest BCUT2D eigenvalue weighted by molar-refractivity contribution is 5.95. The van der Waals surface area contributed by atoms with Gasteiger partial charge < -0.3 is 5.32 Å². The molecule has 6 nitrogen and oxygen atoms in total. The van der Waals surface area contributed by atoms with Crippen LogP contribution in [0.4, 0.5) is 0 Å². The molecule has 4 rings (SSSR count). The summed E-state index contributed by atoms with van der Waals surface area (Å²) in [5, 5.41) is 22.7. The highest BCUT2D eigenvalue weighted by atomic mass is 16.1. The number of allylic oxidation sites excluding steroid dienone is 2. The predicted molar refractivity (Wildman–Crippen MR) is 132 cm³/mol. The first-order valence-corrected chi connectivity index (χ1v) is 11.7. The number of hydrogen-bond donors (Lipinski definition) is 1. The quantitative estimate of drug-likeness (QED) is 0.720. The number of nitrogens with zero attached hydrogens (tertiary/aromatic N) is 4. The average Bonchev–Trinajstić information content (AvgIpc) is 2.85. The van der Waals surface area contributed by atoms with Gasteiger partial charge in [0.25, 0.3) is 5.91 Å². The van der Waals surface area contributed by atoms with Crippen LogP contribution < -0.4 is 5.32 Å². The third kappa shape index (κ3) is 5.09. The van der Waals surface area contributed by atoms with Crippen molar-refractivity contribution < 1.29 is 4.79 Å². The molecule has 2 unspecified atom stereocenters. The van der Waals surface area contributed by atoms with Crippen molar-refractivity contribution in [2.24, 2.45) is 10.9 Å². The number of carbonyl (C=O) groups is 1. The van der Waals surface area contributed by atoms with E-state index in [2.05, 4.69) is 51.6 Å². The zero-order valence-electron chi connectivity index (χ0n) is 19.7. The van der Waals surface area contributed by atoms with Crippen LogP contribution in [0, 0.1) is 28.6 Å². The number of nitrogens with one attached hydrogen (secondary N) is 1. The molecule has 2 heterocycles. The zero-order valence-corrected chi connectivity index (χ0v) is 19.7. The standard InChI is InChI=1S/C28H29N5O/c1-19-25(16-29)27(26(17-30)20(2)31-19)22-9-6-10-23(15-22)28(34)32-24-11-13-33(14-12-24)18-21-7-4-3-5-8-21/h3-10,15,24-25,27H,11-14,18H2,1-2H3,(H,32,34). The van der Waals surface area contributed by atoms with Crippen LogP contribution in [0.5, 0.6) is 0 Å². The Balaban J connectivity index is 1.42. The monoisotopic (exact) mass is 451 g/mol. The summed E-state index contributed by atoms with van der Waals surface area (Å²) < 4.78 is 0. The molecule has 2 aromatic rings. The molecule has 2 aromatic carbocycles. The maximum Gasteiger partial charge on any atom is 0.251 e. The molecular formula is C28H29N5O.